The molecule has 2 nitrogen and oxygen atoms in total. The van der Waals surface area contributed by atoms with Crippen LogP contribution in [0.25, 0.3) is 11.1 Å². The zero-order valence-corrected chi connectivity index (χ0v) is 8.94. The van der Waals surface area contributed by atoms with E-state index in [-0.39, 0.29) is 11.5 Å². The van der Waals surface area contributed by atoms with Crippen LogP contribution in [0.15, 0.2) is 36.4 Å². The lowest BCUT2D eigenvalue weighted by molar-refractivity contribution is 0.474. The second-order valence-electron chi connectivity index (χ2n) is 4.26. The fraction of sp³-hybridized carbons (Fsp3) is 0.143. The average molecular weight is 212 g/mol. The Kier molecular flexibility index (Phi) is 1.75. The number of phenolic OH excluding ortho intramolecular Hbond substituents is 2. The maximum Gasteiger partial charge on any atom is 0.116 e. The third-order valence-electron chi connectivity index (χ3n) is 3.30. The van der Waals surface area contributed by atoms with Gasteiger partial charge in [0.15, 0.2) is 0 Å². The number of aromatic hydroxyl groups is 2. The van der Waals surface area contributed by atoms with Crippen LogP contribution in [0.1, 0.15) is 24.0 Å². The number of phenols is 2. The molecule has 2 heteroatoms. The topological polar surface area (TPSA) is 40.5 Å². The smallest absolute Gasteiger partial charge is 0.116 e. The van der Waals surface area contributed by atoms with Crippen molar-refractivity contribution in [3.8, 4) is 22.6 Å². The molecule has 0 atom stereocenters. The number of hydrogen-bond acceptors (Lipinski definition) is 2. The maximum absolute atomic E-state index is 9.52. The van der Waals surface area contributed by atoms with Crippen molar-refractivity contribution in [1.82, 2.24) is 0 Å². The summed E-state index contributed by atoms with van der Waals surface area (Å²) in [5.74, 6) is 0.857. The van der Waals surface area contributed by atoms with E-state index in [9.17, 15) is 10.2 Å². The van der Waals surface area contributed by atoms with Gasteiger partial charge in [-0.05, 0) is 46.5 Å². The fourth-order valence-corrected chi connectivity index (χ4v) is 2.48. The lowest BCUT2D eigenvalue weighted by atomic mass is 9.99. The van der Waals surface area contributed by atoms with E-state index in [2.05, 4.69) is 6.92 Å². The van der Waals surface area contributed by atoms with Gasteiger partial charge in [0.05, 0.1) is 0 Å². The quantitative estimate of drug-likeness (QED) is 0.703. The van der Waals surface area contributed by atoms with Gasteiger partial charge in [0.1, 0.15) is 11.5 Å². The fourth-order valence-electron chi connectivity index (χ4n) is 2.48. The van der Waals surface area contributed by atoms with Crippen molar-refractivity contribution >= 4 is 0 Å². The van der Waals surface area contributed by atoms with Crippen molar-refractivity contribution < 1.29 is 10.2 Å². The Balaban J connectivity index is 2.33. The third-order valence-corrected chi connectivity index (χ3v) is 3.30. The molecule has 80 valence electrons. The minimum atomic E-state index is 0.266. The summed E-state index contributed by atoms with van der Waals surface area (Å²) in [6, 6.07) is 10.8. The molecule has 0 saturated heterocycles. The molecule has 16 heavy (non-hydrogen) atoms. The molecule has 0 aliphatic heterocycles. The standard InChI is InChI=1S/C14H12O2/c1-8-11-4-2-9(15)6-13(11)14-7-10(16)3-5-12(8)14/h2-8,15-16H,1H3. The van der Waals surface area contributed by atoms with Crippen LogP contribution in [0.3, 0.4) is 0 Å². The van der Waals surface area contributed by atoms with Gasteiger partial charge in [0, 0.05) is 5.92 Å². The second kappa shape index (κ2) is 3.01. The van der Waals surface area contributed by atoms with Crippen LogP contribution in [0.5, 0.6) is 11.5 Å². The van der Waals surface area contributed by atoms with Crippen molar-refractivity contribution in [1.29, 1.82) is 0 Å². The van der Waals surface area contributed by atoms with Crippen LogP contribution < -0.4 is 0 Å². The Hall–Kier alpha value is -1.96. The lowest BCUT2D eigenvalue weighted by Gasteiger charge is -2.05. The van der Waals surface area contributed by atoms with E-state index in [1.165, 1.54) is 11.1 Å². The van der Waals surface area contributed by atoms with Crippen molar-refractivity contribution in [2.24, 2.45) is 0 Å². The minimum Gasteiger partial charge on any atom is -0.508 e. The van der Waals surface area contributed by atoms with Gasteiger partial charge in [-0.1, -0.05) is 19.1 Å². The van der Waals surface area contributed by atoms with E-state index in [1.807, 2.05) is 12.1 Å². The molecule has 0 unspecified atom stereocenters. The molecule has 0 fully saturated rings. The first kappa shape index (κ1) is 9.28. The molecule has 0 bridgehead atoms. The number of fused-ring (bicyclic) bond motifs is 3. The van der Waals surface area contributed by atoms with Crippen molar-refractivity contribution in [3.63, 3.8) is 0 Å². The van der Waals surface area contributed by atoms with Gasteiger partial charge in [-0.25, -0.2) is 0 Å². The highest BCUT2D eigenvalue weighted by Gasteiger charge is 2.25. The van der Waals surface area contributed by atoms with Gasteiger partial charge in [-0.3, -0.25) is 0 Å². The summed E-state index contributed by atoms with van der Waals surface area (Å²) >= 11 is 0. The van der Waals surface area contributed by atoms with Crippen molar-refractivity contribution in [2.75, 3.05) is 0 Å². The summed E-state index contributed by atoms with van der Waals surface area (Å²) in [6.45, 7) is 2.14. The number of rotatable bonds is 0. The maximum atomic E-state index is 9.52. The normalized spacial score (nSPS) is 13.6. The van der Waals surface area contributed by atoms with E-state index in [4.69, 9.17) is 0 Å². The monoisotopic (exact) mass is 212 g/mol. The molecule has 1 aliphatic carbocycles. The molecule has 0 saturated carbocycles. The van der Waals surface area contributed by atoms with E-state index in [0.29, 0.717) is 5.92 Å². The number of hydrogen-bond donors (Lipinski definition) is 2. The summed E-state index contributed by atoms with van der Waals surface area (Å²) in [7, 11) is 0. The molecule has 1 aliphatic rings. The Labute approximate surface area is 93.8 Å². The van der Waals surface area contributed by atoms with E-state index in [0.717, 1.165) is 11.1 Å². The lowest BCUT2D eigenvalue weighted by Crippen LogP contribution is -1.88. The highest BCUT2D eigenvalue weighted by molar-refractivity contribution is 5.80. The van der Waals surface area contributed by atoms with Crippen LogP contribution in [0.2, 0.25) is 0 Å². The molecule has 2 aromatic carbocycles. The summed E-state index contributed by atoms with van der Waals surface area (Å²) in [5, 5.41) is 19.0. The molecule has 2 N–H and O–H groups in total. The Morgan fingerprint density at radius 2 is 1.25 bits per heavy atom. The zero-order chi connectivity index (χ0) is 11.3. The number of benzene rings is 2. The first-order valence-electron chi connectivity index (χ1n) is 5.33. The third kappa shape index (κ3) is 1.13. The van der Waals surface area contributed by atoms with E-state index in [1.54, 1.807) is 24.3 Å². The molecular formula is C14H12O2. The minimum absolute atomic E-state index is 0.266. The predicted molar refractivity (Wildman–Crippen MR) is 62.7 cm³/mol. The Bertz CT molecular complexity index is 521. The van der Waals surface area contributed by atoms with Crippen LogP contribution in [0.4, 0.5) is 0 Å². The van der Waals surface area contributed by atoms with Crippen LogP contribution in [-0.4, -0.2) is 10.2 Å². The summed E-state index contributed by atoms with van der Waals surface area (Å²) in [6.07, 6.45) is 0. The SMILES string of the molecule is CC1c2ccc(O)cc2-c2cc(O)ccc21. The van der Waals surface area contributed by atoms with Crippen LogP contribution in [-0.2, 0) is 0 Å². The Morgan fingerprint density at radius 1 is 0.812 bits per heavy atom. The summed E-state index contributed by atoms with van der Waals surface area (Å²) in [4.78, 5) is 0. The largest absolute Gasteiger partial charge is 0.508 e. The molecule has 0 amide bonds. The molecule has 0 radical (unpaired) electrons. The van der Waals surface area contributed by atoms with Crippen molar-refractivity contribution in [2.45, 2.75) is 12.8 Å². The highest BCUT2D eigenvalue weighted by Crippen LogP contribution is 2.46. The average Bonchev–Trinajstić information content (AvgIpc) is 2.52. The van der Waals surface area contributed by atoms with Gasteiger partial charge in [-0.2, -0.15) is 0 Å². The van der Waals surface area contributed by atoms with Crippen LogP contribution in [0, 0.1) is 0 Å². The zero-order valence-electron chi connectivity index (χ0n) is 8.94. The van der Waals surface area contributed by atoms with Gasteiger partial charge < -0.3 is 10.2 Å². The van der Waals surface area contributed by atoms with Crippen LogP contribution >= 0.6 is 0 Å². The first-order chi connectivity index (χ1) is 7.66. The van der Waals surface area contributed by atoms with Gasteiger partial charge in [0.2, 0.25) is 0 Å². The van der Waals surface area contributed by atoms with Crippen molar-refractivity contribution in [3.05, 3.63) is 47.5 Å². The van der Waals surface area contributed by atoms with E-state index >= 15 is 0 Å². The summed E-state index contributed by atoms with van der Waals surface area (Å²) in [5.41, 5.74) is 4.47. The first-order valence-corrected chi connectivity index (χ1v) is 5.33. The predicted octanol–water partition coefficient (Wildman–Crippen LogP) is 3.23. The van der Waals surface area contributed by atoms with Gasteiger partial charge in [0.25, 0.3) is 0 Å². The molecule has 0 aromatic heterocycles. The molecular weight excluding hydrogens is 200 g/mol. The van der Waals surface area contributed by atoms with E-state index < -0.39 is 0 Å². The summed E-state index contributed by atoms with van der Waals surface area (Å²) < 4.78 is 0. The molecule has 0 heterocycles. The second-order valence-corrected chi connectivity index (χ2v) is 4.26. The molecule has 3 rings (SSSR count). The van der Waals surface area contributed by atoms with Gasteiger partial charge >= 0.3 is 0 Å². The highest BCUT2D eigenvalue weighted by atomic mass is 16.3. The molecule has 2 aromatic rings. The Morgan fingerprint density at radius 3 is 1.69 bits per heavy atom. The van der Waals surface area contributed by atoms with Gasteiger partial charge in [-0.15, -0.1) is 0 Å². The molecule has 0 spiro atoms.